The van der Waals surface area contributed by atoms with Crippen molar-refractivity contribution in [1.82, 2.24) is 4.98 Å². The molecule has 1 aromatic heterocycles. The van der Waals surface area contributed by atoms with Gasteiger partial charge in [-0.1, -0.05) is 18.2 Å². The molecule has 0 spiro atoms. The summed E-state index contributed by atoms with van der Waals surface area (Å²) < 4.78 is 6.31. The van der Waals surface area contributed by atoms with Crippen LogP contribution in [-0.4, -0.2) is 18.0 Å². The molecule has 1 N–H and O–H groups in total. The minimum absolute atomic E-state index is 0.201. The van der Waals surface area contributed by atoms with Crippen molar-refractivity contribution in [2.75, 3.05) is 12.4 Å². The van der Waals surface area contributed by atoms with Crippen LogP contribution >= 0.6 is 33.9 Å². The van der Waals surface area contributed by atoms with E-state index in [1.54, 1.807) is 31.4 Å². The van der Waals surface area contributed by atoms with Gasteiger partial charge in [-0.05, 0) is 52.9 Å². The van der Waals surface area contributed by atoms with Gasteiger partial charge in [0.25, 0.3) is 5.91 Å². The third kappa shape index (κ3) is 3.89. The number of carbonyl (C=O) groups is 1. The molecule has 0 saturated carbocycles. The molecule has 3 aromatic rings. The Bertz CT molecular complexity index is 831. The van der Waals surface area contributed by atoms with Gasteiger partial charge < -0.3 is 4.74 Å². The zero-order valence-electron chi connectivity index (χ0n) is 12.2. The molecule has 0 bridgehead atoms. The van der Waals surface area contributed by atoms with Crippen LogP contribution in [-0.2, 0) is 0 Å². The number of anilines is 1. The van der Waals surface area contributed by atoms with Gasteiger partial charge in [-0.3, -0.25) is 10.1 Å². The molecule has 1 heterocycles. The zero-order valence-corrected chi connectivity index (χ0v) is 15.2. The van der Waals surface area contributed by atoms with Crippen molar-refractivity contribution >= 4 is 45.0 Å². The summed E-state index contributed by atoms with van der Waals surface area (Å²) in [5, 5.41) is 5.33. The van der Waals surface area contributed by atoms with E-state index in [-0.39, 0.29) is 5.91 Å². The molecule has 3 rings (SSSR count). The van der Waals surface area contributed by atoms with E-state index in [4.69, 9.17) is 4.74 Å². The maximum absolute atomic E-state index is 12.3. The Labute approximate surface area is 151 Å². The van der Waals surface area contributed by atoms with Crippen molar-refractivity contribution in [3.63, 3.8) is 0 Å². The average molecular weight is 436 g/mol. The zero-order chi connectivity index (χ0) is 16.2. The van der Waals surface area contributed by atoms with Gasteiger partial charge in [-0.25, -0.2) is 4.98 Å². The number of hydrogen-bond donors (Lipinski definition) is 1. The molecule has 6 heteroatoms. The largest absolute Gasteiger partial charge is 0.497 e. The number of rotatable bonds is 4. The summed E-state index contributed by atoms with van der Waals surface area (Å²) in [5.74, 6) is 0.448. The lowest BCUT2D eigenvalue weighted by atomic mass is 10.2. The molecule has 4 nitrogen and oxygen atoms in total. The molecule has 116 valence electrons. The van der Waals surface area contributed by atoms with Gasteiger partial charge in [-0.2, -0.15) is 0 Å². The van der Waals surface area contributed by atoms with Crippen molar-refractivity contribution in [3.8, 4) is 17.0 Å². The molecule has 0 aliphatic carbocycles. The van der Waals surface area contributed by atoms with Crippen LogP contribution in [0.2, 0.25) is 0 Å². The number of ether oxygens (including phenoxy) is 1. The minimum atomic E-state index is -0.201. The van der Waals surface area contributed by atoms with Gasteiger partial charge in [-0.15, -0.1) is 11.3 Å². The average Bonchev–Trinajstić information content (AvgIpc) is 3.04. The van der Waals surface area contributed by atoms with Gasteiger partial charge in [0.1, 0.15) is 5.75 Å². The van der Waals surface area contributed by atoms with Gasteiger partial charge in [0, 0.05) is 20.1 Å². The second kappa shape index (κ2) is 7.10. The number of amides is 1. The van der Waals surface area contributed by atoms with E-state index in [1.807, 2.05) is 29.6 Å². The normalized spacial score (nSPS) is 10.3. The second-order valence-corrected chi connectivity index (χ2v) is 6.83. The predicted molar refractivity (Wildman–Crippen MR) is 101 cm³/mol. The van der Waals surface area contributed by atoms with E-state index in [0.717, 1.165) is 11.3 Å². The number of nitrogens with one attached hydrogen (secondary N) is 1. The van der Waals surface area contributed by atoms with Crippen molar-refractivity contribution in [2.24, 2.45) is 0 Å². The molecule has 0 unspecified atom stereocenters. The number of benzene rings is 2. The van der Waals surface area contributed by atoms with Crippen LogP contribution in [0.25, 0.3) is 11.3 Å². The van der Waals surface area contributed by atoms with E-state index in [1.165, 1.54) is 14.9 Å². The summed E-state index contributed by atoms with van der Waals surface area (Å²) in [6, 6.07) is 15.1. The Morgan fingerprint density at radius 3 is 2.74 bits per heavy atom. The molecule has 0 atom stereocenters. The Morgan fingerprint density at radius 1 is 1.22 bits per heavy atom. The number of nitrogens with zero attached hydrogens (tertiary/aromatic N) is 1. The molecule has 0 saturated heterocycles. The summed E-state index contributed by atoms with van der Waals surface area (Å²) in [6.07, 6.45) is 0. The van der Waals surface area contributed by atoms with Gasteiger partial charge in [0.2, 0.25) is 0 Å². The summed E-state index contributed by atoms with van der Waals surface area (Å²) in [6.45, 7) is 0. The number of hydrogen-bond acceptors (Lipinski definition) is 4. The first kappa shape index (κ1) is 15.9. The number of aromatic nitrogens is 1. The van der Waals surface area contributed by atoms with E-state index in [0.29, 0.717) is 16.4 Å². The van der Waals surface area contributed by atoms with Crippen LogP contribution in [0.1, 0.15) is 10.4 Å². The lowest BCUT2D eigenvalue weighted by Crippen LogP contribution is -2.11. The lowest BCUT2D eigenvalue weighted by molar-refractivity contribution is 0.102. The van der Waals surface area contributed by atoms with Crippen LogP contribution in [0, 0.1) is 3.57 Å². The first-order valence-corrected chi connectivity index (χ1v) is 8.78. The van der Waals surface area contributed by atoms with E-state index >= 15 is 0 Å². The summed E-state index contributed by atoms with van der Waals surface area (Å²) in [4.78, 5) is 16.7. The van der Waals surface area contributed by atoms with Gasteiger partial charge in [0.05, 0.1) is 12.8 Å². The van der Waals surface area contributed by atoms with Crippen molar-refractivity contribution < 1.29 is 9.53 Å². The topological polar surface area (TPSA) is 51.2 Å². The van der Waals surface area contributed by atoms with Crippen molar-refractivity contribution in [3.05, 3.63) is 63.0 Å². The first-order chi connectivity index (χ1) is 11.2. The molecule has 0 aliphatic heterocycles. The molecule has 0 radical (unpaired) electrons. The van der Waals surface area contributed by atoms with E-state index in [2.05, 4.69) is 32.9 Å². The van der Waals surface area contributed by atoms with E-state index in [9.17, 15) is 4.79 Å². The fourth-order valence-corrected chi connectivity index (χ4v) is 3.09. The number of methoxy groups -OCH3 is 1. The molecule has 1 amide bonds. The third-order valence-electron chi connectivity index (χ3n) is 3.20. The second-order valence-electron chi connectivity index (χ2n) is 4.73. The summed E-state index contributed by atoms with van der Waals surface area (Å²) >= 11 is 3.67. The summed E-state index contributed by atoms with van der Waals surface area (Å²) in [5.41, 5.74) is 2.42. The molecule has 0 fully saturated rings. The summed E-state index contributed by atoms with van der Waals surface area (Å²) in [7, 11) is 1.57. The highest BCUT2D eigenvalue weighted by Gasteiger charge is 2.10. The SMILES string of the molecule is COc1cccc(C(=O)Nc2nc(-c3ccc(I)cc3)cs2)c1. The Morgan fingerprint density at radius 2 is 2.00 bits per heavy atom. The maximum Gasteiger partial charge on any atom is 0.257 e. The smallest absolute Gasteiger partial charge is 0.257 e. The number of carbonyl (C=O) groups excluding carboxylic acids is 1. The highest BCUT2D eigenvalue weighted by atomic mass is 127. The number of thiazole rings is 1. The molecule has 23 heavy (non-hydrogen) atoms. The number of halogens is 1. The highest BCUT2D eigenvalue weighted by Crippen LogP contribution is 2.26. The molecular formula is C17H13IN2O2S. The minimum Gasteiger partial charge on any atom is -0.497 e. The quantitative estimate of drug-likeness (QED) is 0.605. The standard InChI is InChI=1S/C17H13IN2O2S/c1-22-14-4-2-3-12(9-14)16(21)20-17-19-15(10-23-17)11-5-7-13(18)8-6-11/h2-10H,1H3,(H,19,20,21). The fraction of sp³-hybridized carbons (Fsp3) is 0.0588. The molecule has 0 aliphatic rings. The Kier molecular flexibility index (Phi) is 4.92. The predicted octanol–water partition coefficient (Wildman–Crippen LogP) is 4.68. The fourth-order valence-electron chi connectivity index (χ4n) is 2.02. The van der Waals surface area contributed by atoms with Crippen molar-refractivity contribution in [1.29, 1.82) is 0 Å². The van der Waals surface area contributed by atoms with Crippen LogP contribution in [0.15, 0.2) is 53.9 Å². The Hall–Kier alpha value is -1.93. The Balaban J connectivity index is 1.75. The van der Waals surface area contributed by atoms with Gasteiger partial charge >= 0.3 is 0 Å². The van der Waals surface area contributed by atoms with E-state index < -0.39 is 0 Å². The monoisotopic (exact) mass is 436 g/mol. The molecule has 2 aromatic carbocycles. The lowest BCUT2D eigenvalue weighted by Gasteiger charge is -2.04. The highest BCUT2D eigenvalue weighted by molar-refractivity contribution is 14.1. The van der Waals surface area contributed by atoms with Crippen LogP contribution in [0.5, 0.6) is 5.75 Å². The third-order valence-corrected chi connectivity index (χ3v) is 4.67. The van der Waals surface area contributed by atoms with Crippen LogP contribution in [0.4, 0.5) is 5.13 Å². The molecular weight excluding hydrogens is 423 g/mol. The van der Waals surface area contributed by atoms with Crippen LogP contribution < -0.4 is 10.1 Å². The van der Waals surface area contributed by atoms with Gasteiger partial charge in [0.15, 0.2) is 5.13 Å². The maximum atomic E-state index is 12.3. The van der Waals surface area contributed by atoms with Crippen molar-refractivity contribution in [2.45, 2.75) is 0 Å². The van der Waals surface area contributed by atoms with Crippen LogP contribution in [0.3, 0.4) is 0 Å². The first-order valence-electron chi connectivity index (χ1n) is 6.82.